The van der Waals surface area contributed by atoms with Gasteiger partial charge in [0.15, 0.2) is 0 Å². The summed E-state index contributed by atoms with van der Waals surface area (Å²) in [5, 5.41) is 0. The molecule has 0 aliphatic heterocycles. The molecule has 0 saturated heterocycles. The fourth-order valence-electron chi connectivity index (χ4n) is 3.41. The SMILES string of the molecule is COc1ccc(C(C(F)=C(F)Cc2cccc(Oc3ccccc3)c2)C(C)C)cc1. The van der Waals surface area contributed by atoms with E-state index in [2.05, 4.69) is 0 Å². The lowest BCUT2D eigenvalue weighted by Gasteiger charge is -2.21. The van der Waals surface area contributed by atoms with Gasteiger partial charge in [-0.1, -0.05) is 56.3 Å². The fourth-order valence-corrected chi connectivity index (χ4v) is 3.41. The molecule has 2 nitrogen and oxygen atoms in total. The van der Waals surface area contributed by atoms with Crippen LogP contribution in [0.15, 0.2) is 90.5 Å². The summed E-state index contributed by atoms with van der Waals surface area (Å²) in [6.07, 6.45) is -0.128. The van der Waals surface area contributed by atoms with Gasteiger partial charge in [0.1, 0.15) is 28.9 Å². The lowest BCUT2D eigenvalue weighted by atomic mass is 9.86. The third-order valence-corrected chi connectivity index (χ3v) is 4.91. The summed E-state index contributed by atoms with van der Waals surface area (Å²) in [5.41, 5.74) is 1.37. The largest absolute Gasteiger partial charge is 0.497 e. The summed E-state index contributed by atoms with van der Waals surface area (Å²) >= 11 is 0. The lowest BCUT2D eigenvalue weighted by molar-refractivity contribution is 0.408. The van der Waals surface area contributed by atoms with Gasteiger partial charge in [0.05, 0.1) is 7.11 Å². The molecule has 3 aromatic carbocycles. The van der Waals surface area contributed by atoms with Crippen molar-refractivity contribution in [1.82, 2.24) is 0 Å². The number of allylic oxidation sites excluding steroid dienone is 2. The summed E-state index contributed by atoms with van der Waals surface area (Å²) in [5.74, 6) is -0.289. The summed E-state index contributed by atoms with van der Waals surface area (Å²) < 4.78 is 41.0. The highest BCUT2D eigenvalue weighted by Crippen LogP contribution is 2.36. The van der Waals surface area contributed by atoms with Crippen molar-refractivity contribution in [3.8, 4) is 17.2 Å². The second-order valence-electron chi connectivity index (χ2n) is 7.49. The van der Waals surface area contributed by atoms with Crippen LogP contribution in [-0.2, 0) is 6.42 Å². The summed E-state index contributed by atoms with van der Waals surface area (Å²) in [6.45, 7) is 3.77. The van der Waals surface area contributed by atoms with E-state index in [9.17, 15) is 4.39 Å². The molecule has 4 heteroatoms. The standard InChI is InChI=1S/C26H26F2O2/c1-18(2)25(20-12-14-21(29-3)15-13-20)26(28)24(27)17-19-8-7-11-23(16-19)30-22-9-5-4-6-10-22/h4-16,18,25H,17H2,1-3H3. The lowest BCUT2D eigenvalue weighted by Crippen LogP contribution is -2.09. The minimum atomic E-state index is -0.763. The van der Waals surface area contributed by atoms with E-state index in [4.69, 9.17) is 9.47 Å². The van der Waals surface area contributed by atoms with Gasteiger partial charge in [-0.3, -0.25) is 0 Å². The Kier molecular flexibility index (Phi) is 7.23. The van der Waals surface area contributed by atoms with Crippen LogP contribution in [0.25, 0.3) is 0 Å². The first-order valence-corrected chi connectivity index (χ1v) is 9.97. The molecule has 0 aliphatic rings. The van der Waals surface area contributed by atoms with E-state index < -0.39 is 17.6 Å². The second-order valence-corrected chi connectivity index (χ2v) is 7.49. The maximum atomic E-state index is 15.2. The first-order valence-electron chi connectivity index (χ1n) is 9.97. The predicted octanol–water partition coefficient (Wildman–Crippen LogP) is 7.62. The van der Waals surface area contributed by atoms with Gasteiger partial charge in [0.25, 0.3) is 0 Å². The zero-order valence-electron chi connectivity index (χ0n) is 17.4. The number of ether oxygens (including phenoxy) is 2. The maximum absolute atomic E-state index is 15.2. The summed E-state index contributed by atoms with van der Waals surface area (Å²) in [6, 6.07) is 23.5. The molecule has 1 unspecified atom stereocenters. The average Bonchev–Trinajstić information content (AvgIpc) is 2.75. The predicted molar refractivity (Wildman–Crippen MR) is 116 cm³/mol. The van der Waals surface area contributed by atoms with Crippen molar-refractivity contribution in [3.05, 3.63) is 102 Å². The Morgan fingerprint density at radius 3 is 2.10 bits per heavy atom. The van der Waals surface area contributed by atoms with Gasteiger partial charge in [-0.05, 0) is 53.4 Å². The molecule has 1 atom stereocenters. The van der Waals surface area contributed by atoms with Crippen LogP contribution in [0.4, 0.5) is 8.78 Å². The van der Waals surface area contributed by atoms with Crippen molar-refractivity contribution in [1.29, 1.82) is 0 Å². The van der Waals surface area contributed by atoms with Crippen LogP contribution in [0.1, 0.15) is 30.9 Å². The van der Waals surface area contributed by atoms with Gasteiger partial charge in [-0.15, -0.1) is 0 Å². The molecule has 0 saturated carbocycles. The molecule has 3 rings (SSSR count). The molecule has 0 amide bonds. The molecule has 156 valence electrons. The van der Waals surface area contributed by atoms with E-state index >= 15 is 4.39 Å². The minimum Gasteiger partial charge on any atom is -0.497 e. The molecule has 0 bridgehead atoms. The van der Waals surface area contributed by atoms with Crippen LogP contribution in [0.5, 0.6) is 17.2 Å². The van der Waals surface area contributed by atoms with Crippen LogP contribution in [0, 0.1) is 5.92 Å². The van der Waals surface area contributed by atoms with Gasteiger partial charge in [0, 0.05) is 12.3 Å². The van der Waals surface area contributed by atoms with Gasteiger partial charge in [0.2, 0.25) is 0 Å². The van der Waals surface area contributed by atoms with Crippen LogP contribution >= 0.6 is 0 Å². The molecule has 3 aromatic rings. The number of rotatable bonds is 8. The fraction of sp³-hybridized carbons (Fsp3) is 0.231. The van der Waals surface area contributed by atoms with Gasteiger partial charge >= 0.3 is 0 Å². The monoisotopic (exact) mass is 408 g/mol. The normalized spacial score (nSPS) is 13.0. The number of para-hydroxylation sites is 1. The number of benzene rings is 3. The number of methoxy groups -OCH3 is 1. The quantitative estimate of drug-likeness (QED) is 0.382. The highest BCUT2D eigenvalue weighted by atomic mass is 19.2. The van der Waals surface area contributed by atoms with Gasteiger partial charge in [-0.2, -0.15) is 0 Å². The van der Waals surface area contributed by atoms with Crippen LogP contribution in [0.2, 0.25) is 0 Å². The van der Waals surface area contributed by atoms with E-state index in [0.29, 0.717) is 22.8 Å². The Hall–Kier alpha value is -3.14. The molecular formula is C26H26F2O2. The Balaban J connectivity index is 1.80. The van der Waals surface area contributed by atoms with Crippen molar-refractivity contribution < 1.29 is 18.3 Å². The van der Waals surface area contributed by atoms with Crippen LogP contribution < -0.4 is 9.47 Å². The van der Waals surface area contributed by atoms with Crippen molar-refractivity contribution >= 4 is 0 Å². The number of hydrogen-bond acceptors (Lipinski definition) is 2. The molecule has 0 spiro atoms. The Morgan fingerprint density at radius 2 is 1.47 bits per heavy atom. The van der Waals surface area contributed by atoms with Crippen LogP contribution in [0.3, 0.4) is 0 Å². The molecule has 0 radical (unpaired) electrons. The highest BCUT2D eigenvalue weighted by molar-refractivity contribution is 5.37. The van der Waals surface area contributed by atoms with E-state index in [1.54, 1.807) is 55.6 Å². The summed E-state index contributed by atoms with van der Waals surface area (Å²) in [7, 11) is 1.57. The van der Waals surface area contributed by atoms with Gasteiger partial charge < -0.3 is 9.47 Å². The highest BCUT2D eigenvalue weighted by Gasteiger charge is 2.25. The van der Waals surface area contributed by atoms with Crippen LogP contribution in [-0.4, -0.2) is 7.11 Å². The van der Waals surface area contributed by atoms with E-state index in [0.717, 1.165) is 5.56 Å². The van der Waals surface area contributed by atoms with Crippen molar-refractivity contribution in [2.75, 3.05) is 7.11 Å². The second kappa shape index (κ2) is 10.1. The zero-order valence-corrected chi connectivity index (χ0v) is 17.4. The molecule has 0 heterocycles. The molecule has 0 aliphatic carbocycles. The molecular weight excluding hydrogens is 382 g/mol. The maximum Gasteiger partial charge on any atom is 0.139 e. The third kappa shape index (κ3) is 5.47. The van der Waals surface area contributed by atoms with Gasteiger partial charge in [-0.25, -0.2) is 8.78 Å². The first kappa shape index (κ1) is 21.6. The molecule has 0 fully saturated rings. The molecule has 30 heavy (non-hydrogen) atoms. The minimum absolute atomic E-state index is 0.100. The van der Waals surface area contributed by atoms with E-state index in [1.807, 2.05) is 44.2 Å². The first-order chi connectivity index (χ1) is 14.5. The van der Waals surface area contributed by atoms with Crippen molar-refractivity contribution in [3.63, 3.8) is 0 Å². The molecule has 0 N–H and O–H groups in total. The topological polar surface area (TPSA) is 18.5 Å². The number of halogens is 2. The zero-order chi connectivity index (χ0) is 21.5. The third-order valence-electron chi connectivity index (χ3n) is 4.91. The Morgan fingerprint density at radius 1 is 0.800 bits per heavy atom. The van der Waals surface area contributed by atoms with Crippen molar-refractivity contribution in [2.45, 2.75) is 26.2 Å². The Bertz CT molecular complexity index is 979. The van der Waals surface area contributed by atoms with E-state index in [-0.39, 0.29) is 12.3 Å². The number of hydrogen-bond donors (Lipinski definition) is 0. The van der Waals surface area contributed by atoms with Crippen molar-refractivity contribution in [2.24, 2.45) is 5.92 Å². The van der Waals surface area contributed by atoms with E-state index in [1.165, 1.54) is 0 Å². The smallest absolute Gasteiger partial charge is 0.139 e. The summed E-state index contributed by atoms with van der Waals surface area (Å²) in [4.78, 5) is 0. The Labute approximate surface area is 176 Å². The molecule has 0 aromatic heterocycles. The average molecular weight is 408 g/mol.